The molecule has 0 aromatic heterocycles. The molecule has 0 bridgehead atoms. The smallest absolute Gasteiger partial charge is 0.0592 e. The van der Waals surface area contributed by atoms with Crippen LogP contribution >= 0.6 is 0 Å². The van der Waals surface area contributed by atoms with Crippen LogP contribution in [0.1, 0.15) is 33.1 Å². The molecule has 3 N–H and O–H groups in total. The van der Waals surface area contributed by atoms with Gasteiger partial charge in [-0.25, -0.2) is 0 Å². The number of hydrogen-bond acceptors (Lipinski definition) is 3. The highest BCUT2D eigenvalue weighted by Gasteiger charge is 2.10. The topological polar surface area (TPSA) is 52.5 Å². The van der Waals surface area contributed by atoms with Crippen molar-refractivity contribution in [3.8, 4) is 0 Å². The Bertz CT molecular complexity index is 99.2. The Morgan fingerprint density at radius 3 is 2.25 bits per heavy atom. The number of hydrogen-bond donors (Lipinski definition) is 3. The van der Waals surface area contributed by atoms with E-state index in [1.54, 1.807) is 0 Å². The van der Waals surface area contributed by atoms with Crippen LogP contribution in [0, 0.1) is 0 Å². The van der Waals surface area contributed by atoms with Gasteiger partial charge in [0.05, 0.1) is 5.60 Å². The second-order valence-corrected chi connectivity index (χ2v) is 3.74. The lowest BCUT2D eigenvalue weighted by atomic mass is 10.0. The second-order valence-electron chi connectivity index (χ2n) is 3.74. The molecule has 0 atom stereocenters. The number of nitrogens with one attached hydrogen (secondary N) is 1. The van der Waals surface area contributed by atoms with Crippen molar-refractivity contribution in [1.82, 2.24) is 5.32 Å². The van der Waals surface area contributed by atoms with Crippen molar-refractivity contribution in [3.05, 3.63) is 0 Å². The maximum Gasteiger partial charge on any atom is 0.0592 e. The molecule has 0 aromatic rings. The Kier molecular flexibility index (Phi) is 6.34. The number of rotatable bonds is 7. The van der Waals surface area contributed by atoms with E-state index in [0.29, 0.717) is 0 Å². The van der Waals surface area contributed by atoms with Gasteiger partial charge in [-0.05, 0) is 46.2 Å². The van der Waals surface area contributed by atoms with Crippen LogP contribution in [0.4, 0.5) is 0 Å². The van der Waals surface area contributed by atoms with Crippen molar-refractivity contribution < 1.29 is 10.2 Å². The van der Waals surface area contributed by atoms with E-state index in [9.17, 15) is 5.11 Å². The molecule has 74 valence electrons. The minimum atomic E-state index is -0.543. The molecule has 0 saturated heterocycles. The van der Waals surface area contributed by atoms with Gasteiger partial charge in [-0.3, -0.25) is 0 Å². The maximum absolute atomic E-state index is 9.35. The van der Waals surface area contributed by atoms with Crippen LogP contribution in [-0.2, 0) is 0 Å². The standard InChI is InChI=1S/C9H21NO2/c1-9(2,12)5-3-6-10-7-4-8-11/h10-12H,3-8H2,1-2H3. The van der Waals surface area contributed by atoms with Crippen molar-refractivity contribution in [2.75, 3.05) is 19.7 Å². The Morgan fingerprint density at radius 2 is 1.75 bits per heavy atom. The third-order valence-electron chi connectivity index (χ3n) is 1.65. The molecule has 12 heavy (non-hydrogen) atoms. The van der Waals surface area contributed by atoms with Crippen molar-refractivity contribution in [2.45, 2.75) is 38.7 Å². The molecule has 3 heteroatoms. The summed E-state index contributed by atoms with van der Waals surface area (Å²) in [6, 6.07) is 0. The van der Waals surface area contributed by atoms with Gasteiger partial charge in [0.1, 0.15) is 0 Å². The minimum Gasteiger partial charge on any atom is -0.396 e. The molecule has 0 fully saturated rings. The summed E-state index contributed by atoms with van der Waals surface area (Å²) in [4.78, 5) is 0. The maximum atomic E-state index is 9.35. The first-order valence-electron chi connectivity index (χ1n) is 4.60. The molecule has 0 amide bonds. The Balaban J connectivity index is 3.01. The average Bonchev–Trinajstić information content (AvgIpc) is 1.94. The fourth-order valence-electron chi connectivity index (χ4n) is 0.975. The Labute approximate surface area is 74.8 Å². The largest absolute Gasteiger partial charge is 0.396 e. The summed E-state index contributed by atoms with van der Waals surface area (Å²) < 4.78 is 0. The van der Waals surface area contributed by atoms with Crippen LogP contribution in [-0.4, -0.2) is 35.5 Å². The van der Waals surface area contributed by atoms with Gasteiger partial charge in [0.25, 0.3) is 0 Å². The first-order chi connectivity index (χ1) is 5.56. The first-order valence-corrected chi connectivity index (χ1v) is 4.60. The SMILES string of the molecule is CC(C)(O)CCCNCCCO. The minimum absolute atomic E-state index is 0.249. The molecular formula is C9H21NO2. The van der Waals surface area contributed by atoms with E-state index >= 15 is 0 Å². The molecule has 0 aliphatic rings. The van der Waals surface area contributed by atoms with E-state index in [1.165, 1.54) is 0 Å². The predicted molar refractivity (Wildman–Crippen MR) is 50.1 cm³/mol. The summed E-state index contributed by atoms with van der Waals surface area (Å²) in [7, 11) is 0. The fraction of sp³-hybridized carbons (Fsp3) is 1.00. The van der Waals surface area contributed by atoms with Crippen LogP contribution in [0.3, 0.4) is 0 Å². The molecule has 0 radical (unpaired) electrons. The molecule has 0 rings (SSSR count). The van der Waals surface area contributed by atoms with E-state index in [4.69, 9.17) is 5.11 Å². The third-order valence-corrected chi connectivity index (χ3v) is 1.65. The van der Waals surface area contributed by atoms with E-state index < -0.39 is 5.60 Å². The quantitative estimate of drug-likeness (QED) is 0.494. The molecule has 0 aliphatic heterocycles. The van der Waals surface area contributed by atoms with Gasteiger partial charge in [0.15, 0.2) is 0 Å². The van der Waals surface area contributed by atoms with Gasteiger partial charge in [0.2, 0.25) is 0 Å². The number of aliphatic hydroxyl groups excluding tert-OH is 1. The third kappa shape index (κ3) is 9.88. The zero-order chi connectivity index (χ0) is 9.45. The van der Waals surface area contributed by atoms with E-state index in [2.05, 4.69) is 5.32 Å². The lowest BCUT2D eigenvalue weighted by molar-refractivity contribution is 0.0688. The van der Waals surface area contributed by atoms with E-state index in [1.807, 2.05) is 13.8 Å². The van der Waals surface area contributed by atoms with Crippen molar-refractivity contribution >= 4 is 0 Å². The molecule has 0 unspecified atom stereocenters. The Morgan fingerprint density at radius 1 is 1.17 bits per heavy atom. The Hall–Kier alpha value is -0.120. The van der Waals surface area contributed by atoms with Gasteiger partial charge in [-0.1, -0.05) is 0 Å². The van der Waals surface area contributed by atoms with Crippen LogP contribution < -0.4 is 5.32 Å². The fourth-order valence-corrected chi connectivity index (χ4v) is 0.975. The van der Waals surface area contributed by atoms with Crippen LogP contribution in [0.2, 0.25) is 0 Å². The molecule has 0 spiro atoms. The van der Waals surface area contributed by atoms with Crippen LogP contribution in [0.5, 0.6) is 0 Å². The van der Waals surface area contributed by atoms with Gasteiger partial charge in [0, 0.05) is 6.61 Å². The molecule has 0 aliphatic carbocycles. The van der Waals surface area contributed by atoms with Gasteiger partial charge in [-0.15, -0.1) is 0 Å². The monoisotopic (exact) mass is 175 g/mol. The molecule has 0 saturated carbocycles. The second kappa shape index (κ2) is 6.40. The van der Waals surface area contributed by atoms with Crippen molar-refractivity contribution in [2.24, 2.45) is 0 Å². The highest BCUT2D eigenvalue weighted by atomic mass is 16.3. The van der Waals surface area contributed by atoms with Crippen LogP contribution in [0.25, 0.3) is 0 Å². The normalized spacial score (nSPS) is 12.0. The summed E-state index contributed by atoms with van der Waals surface area (Å²) >= 11 is 0. The molecular weight excluding hydrogens is 154 g/mol. The average molecular weight is 175 g/mol. The summed E-state index contributed by atoms with van der Waals surface area (Å²) in [5.74, 6) is 0. The molecule has 3 nitrogen and oxygen atoms in total. The lowest BCUT2D eigenvalue weighted by Gasteiger charge is -2.16. The summed E-state index contributed by atoms with van der Waals surface area (Å²) in [5, 5.41) is 21.0. The summed E-state index contributed by atoms with van der Waals surface area (Å²) in [5.41, 5.74) is -0.543. The summed E-state index contributed by atoms with van der Waals surface area (Å²) in [6.07, 6.45) is 2.61. The lowest BCUT2D eigenvalue weighted by Crippen LogP contribution is -2.23. The molecule has 0 heterocycles. The number of aliphatic hydroxyl groups is 2. The van der Waals surface area contributed by atoms with Crippen molar-refractivity contribution in [1.29, 1.82) is 0 Å². The van der Waals surface area contributed by atoms with E-state index in [-0.39, 0.29) is 6.61 Å². The van der Waals surface area contributed by atoms with Crippen molar-refractivity contribution in [3.63, 3.8) is 0 Å². The van der Waals surface area contributed by atoms with E-state index in [0.717, 1.165) is 32.4 Å². The van der Waals surface area contributed by atoms with Gasteiger partial charge < -0.3 is 15.5 Å². The highest BCUT2D eigenvalue weighted by molar-refractivity contribution is 4.65. The van der Waals surface area contributed by atoms with Gasteiger partial charge >= 0.3 is 0 Å². The van der Waals surface area contributed by atoms with Crippen LogP contribution in [0.15, 0.2) is 0 Å². The predicted octanol–water partition coefficient (Wildman–Crippen LogP) is 0.510. The highest BCUT2D eigenvalue weighted by Crippen LogP contribution is 2.08. The zero-order valence-corrected chi connectivity index (χ0v) is 8.14. The summed E-state index contributed by atoms with van der Waals surface area (Å²) in [6.45, 7) is 5.67. The van der Waals surface area contributed by atoms with Gasteiger partial charge in [-0.2, -0.15) is 0 Å². The molecule has 0 aromatic carbocycles. The first kappa shape index (κ1) is 11.9. The zero-order valence-electron chi connectivity index (χ0n) is 8.14.